The van der Waals surface area contributed by atoms with Crippen LogP contribution < -0.4 is 10.2 Å². The van der Waals surface area contributed by atoms with Gasteiger partial charge < -0.3 is 14.3 Å². The largest absolute Gasteiger partial charge is 0.493 e. The van der Waals surface area contributed by atoms with Crippen LogP contribution in [-0.4, -0.2) is 58.0 Å². The lowest BCUT2D eigenvalue weighted by Crippen LogP contribution is -2.48. The predicted octanol–water partition coefficient (Wildman–Crippen LogP) is 3.64. The van der Waals surface area contributed by atoms with Crippen LogP contribution in [-0.2, 0) is 25.8 Å². The van der Waals surface area contributed by atoms with E-state index in [1.165, 1.54) is 29.7 Å². The van der Waals surface area contributed by atoms with Gasteiger partial charge in [0.1, 0.15) is 12.4 Å². The minimum atomic E-state index is -5.37. The number of nitrogens with zero attached hydrogens (tertiary/aromatic N) is 2. The molecule has 0 bridgehead atoms. The van der Waals surface area contributed by atoms with E-state index in [0.717, 1.165) is 22.2 Å². The van der Waals surface area contributed by atoms with E-state index in [0.29, 0.717) is 5.75 Å². The molecule has 1 aliphatic heterocycles. The van der Waals surface area contributed by atoms with Crippen molar-refractivity contribution in [2.45, 2.75) is 44.7 Å². The van der Waals surface area contributed by atoms with E-state index >= 15 is 0 Å². The molecule has 1 aliphatic rings. The maximum absolute atomic E-state index is 13.2. The Kier molecular flexibility index (Phi) is 8.31. The molecular formula is C26H24F3N3O7. The molecule has 2 heterocycles. The third-order valence-corrected chi connectivity index (χ3v) is 6.03. The number of halogens is 3. The van der Waals surface area contributed by atoms with Crippen molar-refractivity contribution in [3.05, 3.63) is 71.4 Å². The van der Waals surface area contributed by atoms with Crippen LogP contribution in [0.4, 0.5) is 13.2 Å². The molecule has 1 saturated heterocycles. The molecule has 1 fully saturated rings. The van der Waals surface area contributed by atoms with E-state index in [-0.39, 0.29) is 30.3 Å². The number of alkyl halides is 3. The van der Waals surface area contributed by atoms with Crippen molar-refractivity contribution < 1.29 is 47.1 Å². The monoisotopic (exact) mass is 547 g/mol. The van der Waals surface area contributed by atoms with Gasteiger partial charge >= 0.3 is 12.1 Å². The van der Waals surface area contributed by atoms with Crippen LogP contribution in [0, 0.1) is 6.92 Å². The first-order chi connectivity index (χ1) is 18.6. The lowest BCUT2D eigenvalue weighted by atomic mass is 10.1. The maximum atomic E-state index is 13.2. The summed E-state index contributed by atoms with van der Waals surface area (Å²) >= 11 is 0. The van der Waals surface area contributed by atoms with Crippen LogP contribution in [0.3, 0.4) is 0 Å². The minimum Gasteiger partial charge on any atom is -0.489 e. The molecule has 0 spiro atoms. The summed E-state index contributed by atoms with van der Waals surface area (Å²) in [7, 11) is 0. The molecule has 2 amide bonds. The Labute approximate surface area is 220 Å². The second kappa shape index (κ2) is 11.7. The van der Waals surface area contributed by atoms with Crippen molar-refractivity contribution >= 4 is 28.7 Å². The molecule has 2 N–H and O–H groups in total. The first-order valence-electron chi connectivity index (χ1n) is 11.8. The Balaban J connectivity index is 1.52. The smallest absolute Gasteiger partial charge is 0.489 e. The highest BCUT2D eigenvalue weighted by atomic mass is 19.4. The highest BCUT2D eigenvalue weighted by molar-refractivity contribution is 5.95. The Hall–Kier alpha value is -4.23. The quantitative estimate of drug-likeness (QED) is 0.339. The number of ether oxygens (including phenoxy) is 2. The van der Waals surface area contributed by atoms with E-state index in [1.807, 2.05) is 37.3 Å². The number of benzene rings is 2. The number of carbonyl (C=O) groups is 3. The van der Waals surface area contributed by atoms with Gasteiger partial charge in [0, 0.05) is 28.8 Å². The molecule has 0 aliphatic carbocycles. The van der Waals surface area contributed by atoms with Crippen LogP contribution in [0.25, 0.3) is 10.9 Å². The zero-order chi connectivity index (χ0) is 28.2. The summed E-state index contributed by atoms with van der Waals surface area (Å²) < 4.78 is 50.1. The molecule has 1 aromatic heterocycles. The van der Waals surface area contributed by atoms with Gasteiger partial charge in [-0.3, -0.25) is 19.8 Å². The van der Waals surface area contributed by atoms with Crippen LogP contribution >= 0.6 is 0 Å². The standard InChI is InChI=1S/C26H24F3N3O7/c1-15-12-17(19-4-2-3-5-20(19)30-15)14-38-18-8-6-16(7-9-18)24(34)32(39-25(35)26(27,28)29)21-10-11-37-22(21)13-23(33)31-36/h2-9,12,21-22,36H,10-11,13-14H2,1H3,(H,31,33). The highest BCUT2D eigenvalue weighted by Crippen LogP contribution is 2.28. The van der Waals surface area contributed by atoms with Crippen LogP contribution in [0.15, 0.2) is 54.6 Å². The second-order valence-corrected chi connectivity index (χ2v) is 8.76. The maximum Gasteiger partial charge on any atom is 0.493 e. The van der Waals surface area contributed by atoms with Gasteiger partial charge in [0.2, 0.25) is 5.91 Å². The number of hydroxylamine groups is 3. The van der Waals surface area contributed by atoms with E-state index in [4.69, 9.17) is 14.7 Å². The van der Waals surface area contributed by atoms with Gasteiger partial charge in [0.15, 0.2) is 0 Å². The molecule has 3 aromatic rings. The number of pyridine rings is 1. The molecular weight excluding hydrogens is 523 g/mol. The number of amides is 2. The van der Waals surface area contributed by atoms with E-state index in [9.17, 15) is 27.6 Å². The van der Waals surface area contributed by atoms with Crippen molar-refractivity contribution in [3.63, 3.8) is 0 Å². The molecule has 4 rings (SSSR count). The van der Waals surface area contributed by atoms with Crippen LogP contribution in [0.2, 0.25) is 0 Å². The summed E-state index contributed by atoms with van der Waals surface area (Å²) in [4.78, 5) is 45.4. The number of hydrogen-bond donors (Lipinski definition) is 2. The molecule has 0 saturated carbocycles. The van der Waals surface area contributed by atoms with E-state index < -0.39 is 42.5 Å². The van der Waals surface area contributed by atoms with E-state index in [2.05, 4.69) is 9.82 Å². The highest BCUT2D eigenvalue weighted by Gasteiger charge is 2.47. The fourth-order valence-corrected chi connectivity index (χ4v) is 4.23. The normalized spacial score (nSPS) is 17.1. The predicted molar refractivity (Wildman–Crippen MR) is 128 cm³/mol. The first kappa shape index (κ1) is 27.8. The average molecular weight is 547 g/mol. The van der Waals surface area contributed by atoms with Gasteiger partial charge in [-0.1, -0.05) is 18.2 Å². The summed E-state index contributed by atoms with van der Waals surface area (Å²) in [5.74, 6) is -4.17. The fraction of sp³-hybridized carbons (Fsp3) is 0.308. The van der Waals surface area contributed by atoms with Crippen LogP contribution in [0.5, 0.6) is 5.75 Å². The summed E-state index contributed by atoms with van der Waals surface area (Å²) in [6.45, 7) is 2.04. The minimum absolute atomic E-state index is 0.0131. The van der Waals surface area contributed by atoms with Crippen LogP contribution in [0.1, 0.15) is 34.5 Å². The number of fused-ring (bicyclic) bond motifs is 1. The second-order valence-electron chi connectivity index (χ2n) is 8.76. The van der Waals surface area contributed by atoms with Gasteiger partial charge in [-0.25, -0.2) is 10.3 Å². The Bertz CT molecular complexity index is 1370. The van der Waals surface area contributed by atoms with Crippen molar-refractivity contribution in [2.24, 2.45) is 0 Å². The summed E-state index contributed by atoms with van der Waals surface area (Å²) in [5.41, 5.74) is 3.81. The van der Waals surface area contributed by atoms with Crippen molar-refractivity contribution in [2.75, 3.05) is 6.61 Å². The SMILES string of the molecule is Cc1cc(COc2ccc(C(=O)N(OC(=O)C(F)(F)F)C3CCOC3CC(=O)NO)cc2)c2ccccc2n1. The van der Waals surface area contributed by atoms with Gasteiger partial charge in [0.05, 0.1) is 24.1 Å². The van der Waals surface area contributed by atoms with Gasteiger partial charge in [-0.15, -0.1) is 0 Å². The van der Waals surface area contributed by atoms with Gasteiger partial charge in [-0.05, 0) is 49.7 Å². The number of hydrogen-bond acceptors (Lipinski definition) is 8. The van der Waals surface area contributed by atoms with Gasteiger partial charge in [0.25, 0.3) is 5.91 Å². The molecule has 10 nitrogen and oxygen atoms in total. The topological polar surface area (TPSA) is 127 Å². The molecule has 0 radical (unpaired) electrons. The molecule has 2 aromatic carbocycles. The Morgan fingerprint density at radius 1 is 1.15 bits per heavy atom. The number of aryl methyl sites for hydroxylation is 1. The number of nitrogens with one attached hydrogen (secondary N) is 1. The third kappa shape index (κ3) is 6.62. The number of aromatic nitrogens is 1. The summed E-state index contributed by atoms with van der Waals surface area (Å²) in [5, 5.41) is 9.98. The number of para-hydroxylation sites is 1. The lowest BCUT2D eigenvalue weighted by molar-refractivity contribution is -0.236. The zero-order valence-corrected chi connectivity index (χ0v) is 20.6. The summed E-state index contributed by atoms with van der Waals surface area (Å²) in [6, 6.07) is 13.8. The lowest BCUT2D eigenvalue weighted by Gasteiger charge is -2.30. The molecule has 39 heavy (non-hydrogen) atoms. The molecule has 206 valence electrons. The molecule has 13 heteroatoms. The van der Waals surface area contributed by atoms with Crippen molar-refractivity contribution in [3.8, 4) is 5.75 Å². The zero-order valence-electron chi connectivity index (χ0n) is 20.6. The average Bonchev–Trinajstić information content (AvgIpc) is 3.36. The number of carbonyl (C=O) groups excluding carboxylic acids is 3. The Morgan fingerprint density at radius 2 is 1.87 bits per heavy atom. The van der Waals surface area contributed by atoms with Crippen molar-refractivity contribution in [1.82, 2.24) is 15.5 Å². The van der Waals surface area contributed by atoms with Crippen molar-refractivity contribution in [1.29, 1.82) is 0 Å². The first-order valence-corrected chi connectivity index (χ1v) is 11.8. The molecule has 2 unspecified atom stereocenters. The van der Waals surface area contributed by atoms with E-state index in [1.54, 1.807) is 0 Å². The Morgan fingerprint density at radius 3 is 2.56 bits per heavy atom. The molecule has 2 atom stereocenters. The van der Waals surface area contributed by atoms with Gasteiger partial charge in [-0.2, -0.15) is 18.2 Å². The summed E-state index contributed by atoms with van der Waals surface area (Å²) in [6.07, 6.45) is -6.99. The number of rotatable bonds is 7. The third-order valence-electron chi connectivity index (χ3n) is 6.03. The fourth-order valence-electron chi connectivity index (χ4n) is 4.23.